The van der Waals surface area contributed by atoms with E-state index in [0.717, 1.165) is 26.7 Å². The normalized spacial score (nSPS) is 15.2. The lowest BCUT2D eigenvalue weighted by Gasteiger charge is -2.25. The second kappa shape index (κ2) is 8.80. The zero-order valence-electron chi connectivity index (χ0n) is 17.7. The van der Waals surface area contributed by atoms with E-state index in [9.17, 15) is 9.59 Å². The van der Waals surface area contributed by atoms with Crippen molar-refractivity contribution in [1.29, 1.82) is 0 Å². The van der Waals surface area contributed by atoms with Gasteiger partial charge in [-0.2, -0.15) is 0 Å². The fourth-order valence-corrected chi connectivity index (χ4v) is 4.87. The molecule has 3 aromatic carbocycles. The van der Waals surface area contributed by atoms with Crippen LogP contribution >= 0.6 is 31.9 Å². The first-order valence-corrected chi connectivity index (χ1v) is 12.1. The third kappa shape index (κ3) is 3.89. The van der Waals surface area contributed by atoms with Crippen molar-refractivity contribution in [3.63, 3.8) is 0 Å². The molecule has 1 atom stereocenters. The molecule has 4 aromatic rings. The Balaban J connectivity index is 1.73. The average Bonchev–Trinajstić information content (AvgIpc) is 3.11. The van der Waals surface area contributed by atoms with Crippen LogP contribution in [0.25, 0.3) is 11.0 Å². The minimum Gasteiger partial charge on any atom is -0.494 e. The largest absolute Gasteiger partial charge is 0.494 e. The number of anilines is 1. The standard InChI is InChI=1S/C26H19Br2NO4/c1-2-12-32-19-9-6-15(7-10-19)23-22-24(30)20-14-17(28)8-11-21(20)33-25(22)26(31)29(23)18-5-3-4-16(27)13-18/h3-11,13-14,23H,2,12H2,1H3. The topological polar surface area (TPSA) is 59.8 Å². The van der Waals surface area contributed by atoms with Gasteiger partial charge in [-0.15, -0.1) is 0 Å². The number of fused-ring (bicyclic) bond motifs is 2. The lowest BCUT2D eigenvalue weighted by Crippen LogP contribution is -2.29. The predicted molar refractivity (Wildman–Crippen MR) is 135 cm³/mol. The van der Waals surface area contributed by atoms with E-state index in [1.165, 1.54) is 0 Å². The van der Waals surface area contributed by atoms with E-state index in [-0.39, 0.29) is 17.1 Å². The van der Waals surface area contributed by atoms with E-state index >= 15 is 0 Å². The summed E-state index contributed by atoms with van der Waals surface area (Å²) in [7, 11) is 0. The zero-order chi connectivity index (χ0) is 23.1. The van der Waals surface area contributed by atoms with E-state index < -0.39 is 6.04 Å². The number of amides is 1. The third-order valence-corrected chi connectivity index (χ3v) is 6.57. The molecule has 0 saturated carbocycles. The predicted octanol–water partition coefficient (Wildman–Crippen LogP) is 6.86. The van der Waals surface area contributed by atoms with Crippen molar-refractivity contribution in [3.05, 3.63) is 103 Å². The lowest BCUT2D eigenvalue weighted by atomic mass is 9.98. The van der Waals surface area contributed by atoms with Gasteiger partial charge in [-0.25, -0.2) is 0 Å². The molecule has 5 nitrogen and oxygen atoms in total. The molecule has 1 aliphatic heterocycles. The maximum absolute atomic E-state index is 13.7. The van der Waals surface area contributed by atoms with Crippen LogP contribution in [0.1, 0.15) is 41.1 Å². The van der Waals surface area contributed by atoms with Crippen molar-refractivity contribution in [2.24, 2.45) is 0 Å². The van der Waals surface area contributed by atoms with Crippen LogP contribution in [-0.2, 0) is 0 Å². The first-order valence-electron chi connectivity index (χ1n) is 10.6. The molecule has 0 spiro atoms. The Labute approximate surface area is 207 Å². The van der Waals surface area contributed by atoms with Gasteiger partial charge in [0, 0.05) is 14.6 Å². The molecule has 0 fully saturated rings. The zero-order valence-corrected chi connectivity index (χ0v) is 20.9. The van der Waals surface area contributed by atoms with Crippen molar-refractivity contribution in [2.45, 2.75) is 19.4 Å². The number of nitrogens with zero attached hydrogens (tertiary/aromatic N) is 1. The Morgan fingerprint density at radius 2 is 1.73 bits per heavy atom. The number of rotatable bonds is 5. The first-order chi connectivity index (χ1) is 16.0. The molecule has 5 rings (SSSR count). The molecule has 7 heteroatoms. The summed E-state index contributed by atoms with van der Waals surface area (Å²) in [6.45, 7) is 2.67. The molecule has 1 amide bonds. The molecule has 1 aliphatic rings. The number of hydrogen-bond donors (Lipinski definition) is 0. The van der Waals surface area contributed by atoms with Crippen LogP contribution in [0.3, 0.4) is 0 Å². The highest BCUT2D eigenvalue weighted by Gasteiger charge is 2.43. The van der Waals surface area contributed by atoms with Crippen LogP contribution in [0.15, 0.2) is 84.9 Å². The summed E-state index contributed by atoms with van der Waals surface area (Å²) in [6.07, 6.45) is 0.909. The molecule has 0 bridgehead atoms. The summed E-state index contributed by atoms with van der Waals surface area (Å²) in [6, 6.07) is 19.6. The van der Waals surface area contributed by atoms with Crippen LogP contribution in [0, 0.1) is 0 Å². The SMILES string of the molecule is CCCOc1ccc(C2c3c(oc4ccc(Br)cc4c3=O)C(=O)N2c2cccc(Br)c2)cc1. The van der Waals surface area contributed by atoms with Crippen LogP contribution < -0.4 is 15.1 Å². The van der Waals surface area contributed by atoms with Gasteiger partial charge in [0.1, 0.15) is 11.3 Å². The van der Waals surface area contributed by atoms with Crippen molar-refractivity contribution in [1.82, 2.24) is 0 Å². The molecule has 166 valence electrons. The fraction of sp³-hybridized carbons (Fsp3) is 0.154. The fourth-order valence-electron chi connectivity index (χ4n) is 4.12. The monoisotopic (exact) mass is 567 g/mol. The van der Waals surface area contributed by atoms with Gasteiger partial charge < -0.3 is 9.15 Å². The van der Waals surface area contributed by atoms with Gasteiger partial charge in [0.2, 0.25) is 5.76 Å². The number of carbonyl (C=O) groups is 1. The van der Waals surface area contributed by atoms with Crippen molar-refractivity contribution in [3.8, 4) is 5.75 Å². The lowest BCUT2D eigenvalue weighted by molar-refractivity contribution is 0.0971. The second-order valence-electron chi connectivity index (χ2n) is 7.79. The van der Waals surface area contributed by atoms with Gasteiger partial charge in [0.15, 0.2) is 5.43 Å². The Kier molecular flexibility index (Phi) is 5.85. The van der Waals surface area contributed by atoms with Crippen molar-refractivity contribution in [2.75, 3.05) is 11.5 Å². The minimum absolute atomic E-state index is 0.0751. The maximum atomic E-state index is 13.7. The number of benzene rings is 3. The highest BCUT2D eigenvalue weighted by atomic mass is 79.9. The van der Waals surface area contributed by atoms with E-state index in [4.69, 9.17) is 9.15 Å². The molecule has 33 heavy (non-hydrogen) atoms. The van der Waals surface area contributed by atoms with E-state index in [1.54, 1.807) is 23.1 Å². The summed E-state index contributed by atoms with van der Waals surface area (Å²) in [5.74, 6) is 0.473. The Morgan fingerprint density at radius 3 is 2.45 bits per heavy atom. The van der Waals surface area contributed by atoms with E-state index in [0.29, 0.717) is 28.8 Å². The van der Waals surface area contributed by atoms with Crippen LogP contribution in [-0.4, -0.2) is 12.5 Å². The van der Waals surface area contributed by atoms with Gasteiger partial charge >= 0.3 is 0 Å². The molecule has 1 aromatic heterocycles. The van der Waals surface area contributed by atoms with Crippen molar-refractivity contribution < 1.29 is 13.9 Å². The van der Waals surface area contributed by atoms with Gasteiger partial charge in [0.25, 0.3) is 5.91 Å². The Hall–Kier alpha value is -2.90. The number of hydrogen-bond acceptors (Lipinski definition) is 4. The van der Waals surface area contributed by atoms with Crippen molar-refractivity contribution >= 4 is 54.4 Å². The summed E-state index contributed by atoms with van der Waals surface area (Å²) in [5.41, 5.74) is 1.98. The number of halogens is 2. The molecule has 0 aliphatic carbocycles. The van der Waals surface area contributed by atoms with Gasteiger partial charge in [0.05, 0.1) is 23.6 Å². The quantitative estimate of drug-likeness (QED) is 0.264. The molecule has 2 heterocycles. The molecule has 0 saturated heterocycles. The summed E-state index contributed by atoms with van der Waals surface area (Å²) in [5, 5.41) is 0.430. The van der Waals surface area contributed by atoms with E-state index in [2.05, 4.69) is 31.9 Å². The maximum Gasteiger partial charge on any atom is 0.295 e. The molecule has 1 unspecified atom stereocenters. The molecular formula is C26H19Br2NO4. The summed E-state index contributed by atoms with van der Waals surface area (Å²) >= 11 is 6.91. The van der Waals surface area contributed by atoms with Crippen LogP contribution in [0.2, 0.25) is 0 Å². The highest BCUT2D eigenvalue weighted by molar-refractivity contribution is 9.10. The van der Waals surface area contributed by atoms with E-state index in [1.807, 2.05) is 55.5 Å². The molecular weight excluding hydrogens is 550 g/mol. The number of carbonyl (C=O) groups excluding carboxylic acids is 1. The molecule has 0 N–H and O–H groups in total. The molecule has 0 radical (unpaired) electrons. The van der Waals surface area contributed by atoms with Gasteiger partial charge in [-0.3, -0.25) is 14.5 Å². The third-order valence-electron chi connectivity index (χ3n) is 5.59. The van der Waals surface area contributed by atoms with Crippen LogP contribution in [0.4, 0.5) is 5.69 Å². The summed E-state index contributed by atoms with van der Waals surface area (Å²) < 4.78 is 13.3. The first kappa shape index (κ1) is 21.9. The minimum atomic E-state index is -0.623. The highest BCUT2D eigenvalue weighted by Crippen LogP contribution is 2.42. The van der Waals surface area contributed by atoms with Gasteiger partial charge in [-0.1, -0.05) is 57.0 Å². The Morgan fingerprint density at radius 1 is 0.970 bits per heavy atom. The number of ether oxygens (including phenoxy) is 1. The van der Waals surface area contributed by atoms with Crippen LogP contribution in [0.5, 0.6) is 5.75 Å². The summed E-state index contributed by atoms with van der Waals surface area (Å²) in [4.78, 5) is 28.9. The Bertz CT molecular complexity index is 1430. The average molecular weight is 569 g/mol. The second-order valence-corrected chi connectivity index (χ2v) is 9.62. The van der Waals surface area contributed by atoms with Gasteiger partial charge in [-0.05, 0) is 60.5 Å². The smallest absolute Gasteiger partial charge is 0.295 e.